The summed E-state index contributed by atoms with van der Waals surface area (Å²) in [5.74, 6) is 1.75. The van der Waals surface area contributed by atoms with Crippen molar-refractivity contribution in [3.8, 4) is 5.75 Å². The molecule has 0 N–H and O–H groups in total. The fourth-order valence-electron chi connectivity index (χ4n) is 3.08. The normalized spacial score (nSPS) is 19.3. The first-order valence-corrected chi connectivity index (χ1v) is 7.23. The average molecular weight is 283 g/mol. The molecule has 0 saturated carbocycles. The minimum Gasteiger partial charge on any atom is -0.480 e. The lowest BCUT2D eigenvalue weighted by molar-refractivity contribution is -0.124. The summed E-state index contributed by atoms with van der Waals surface area (Å²) < 4.78 is 7.74. The number of fused-ring (bicyclic) bond motifs is 2. The zero-order valence-electron chi connectivity index (χ0n) is 12.2. The summed E-state index contributed by atoms with van der Waals surface area (Å²) in [5.41, 5.74) is 3.56. The van der Waals surface area contributed by atoms with Crippen LogP contribution in [0.25, 0.3) is 0 Å². The van der Waals surface area contributed by atoms with E-state index in [0.717, 1.165) is 23.7 Å². The standard InChI is InChI=1S/C16H17N3O2/c1-10-7-12-9-14(21-13(12)8-11(10)2)16(20)18-5-6-19-15(18)3-4-17-19/h3-4,7-8,14H,5-6,9H2,1-2H3. The molecule has 108 valence electrons. The molecule has 4 rings (SSSR count). The molecular weight excluding hydrogens is 266 g/mol. The second-order valence-electron chi connectivity index (χ2n) is 5.76. The molecule has 5 heteroatoms. The molecule has 3 heterocycles. The summed E-state index contributed by atoms with van der Waals surface area (Å²) >= 11 is 0. The third-order valence-electron chi connectivity index (χ3n) is 4.40. The number of aryl methyl sites for hydroxylation is 2. The Kier molecular flexibility index (Phi) is 2.58. The Bertz CT molecular complexity index is 704. The van der Waals surface area contributed by atoms with Gasteiger partial charge >= 0.3 is 0 Å². The van der Waals surface area contributed by atoms with Crippen molar-refractivity contribution in [1.82, 2.24) is 9.78 Å². The van der Waals surface area contributed by atoms with Gasteiger partial charge in [0.05, 0.1) is 12.7 Å². The largest absolute Gasteiger partial charge is 0.480 e. The number of amides is 1. The van der Waals surface area contributed by atoms with Crippen molar-refractivity contribution in [3.05, 3.63) is 41.1 Å². The van der Waals surface area contributed by atoms with Crippen LogP contribution in [0.3, 0.4) is 0 Å². The summed E-state index contributed by atoms with van der Waals surface area (Å²) in [7, 11) is 0. The van der Waals surface area contributed by atoms with Crippen molar-refractivity contribution in [1.29, 1.82) is 0 Å². The molecule has 1 aromatic carbocycles. The van der Waals surface area contributed by atoms with Crippen LogP contribution in [-0.2, 0) is 17.8 Å². The third-order valence-corrected chi connectivity index (χ3v) is 4.40. The second kappa shape index (κ2) is 4.35. The van der Waals surface area contributed by atoms with E-state index in [-0.39, 0.29) is 5.91 Å². The van der Waals surface area contributed by atoms with Crippen LogP contribution in [0, 0.1) is 13.8 Å². The molecule has 0 spiro atoms. The maximum absolute atomic E-state index is 12.7. The van der Waals surface area contributed by atoms with Gasteiger partial charge in [0.1, 0.15) is 11.6 Å². The van der Waals surface area contributed by atoms with E-state index >= 15 is 0 Å². The molecule has 2 aliphatic rings. The molecule has 2 aromatic rings. The van der Waals surface area contributed by atoms with E-state index in [1.165, 1.54) is 11.1 Å². The number of benzene rings is 1. The quantitative estimate of drug-likeness (QED) is 0.802. The number of aromatic nitrogens is 2. The van der Waals surface area contributed by atoms with Crippen molar-refractivity contribution >= 4 is 11.7 Å². The average Bonchev–Trinajstić information content (AvgIpc) is 3.12. The highest BCUT2D eigenvalue weighted by Gasteiger charge is 2.36. The van der Waals surface area contributed by atoms with Crippen LogP contribution in [0.5, 0.6) is 5.75 Å². The fraction of sp³-hybridized carbons (Fsp3) is 0.375. The highest BCUT2D eigenvalue weighted by Crippen LogP contribution is 2.33. The van der Waals surface area contributed by atoms with E-state index in [1.54, 1.807) is 11.1 Å². The van der Waals surface area contributed by atoms with Gasteiger partial charge in [0.15, 0.2) is 6.10 Å². The smallest absolute Gasteiger partial charge is 0.269 e. The van der Waals surface area contributed by atoms with Gasteiger partial charge in [-0.25, -0.2) is 4.68 Å². The summed E-state index contributed by atoms with van der Waals surface area (Å²) in [6.45, 7) is 5.58. The molecule has 0 radical (unpaired) electrons. The Morgan fingerprint density at radius 1 is 1.29 bits per heavy atom. The molecule has 1 atom stereocenters. The first kappa shape index (κ1) is 12.4. The number of ether oxygens (including phenoxy) is 1. The topological polar surface area (TPSA) is 47.4 Å². The Morgan fingerprint density at radius 3 is 2.95 bits per heavy atom. The van der Waals surface area contributed by atoms with E-state index in [9.17, 15) is 4.79 Å². The lowest BCUT2D eigenvalue weighted by atomic mass is 10.0. The molecule has 0 fully saturated rings. The molecule has 0 saturated heterocycles. The SMILES string of the molecule is Cc1cc2c(cc1C)OC(C(=O)N1CCn3nccc31)C2. The highest BCUT2D eigenvalue weighted by molar-refractivity contribution is 5.97. The monoisotopic (exact) mass is 283 g/mol. The molecule has 0 bridgehead atoms. The van der Waals surface area contributed by atoms with E-state index in [4.69, 9.17) is 4.74 Å². The highest BCUT2D eigenvalue weighted by atomic mass is 16.5. The van der Waals surface area contributed by atoms with Gasteiger partial charge in [-0.2, -0.15) is 5.10 Å². The first-order chi connectivity index (χ1) is 10.1. The summed E-state index contributed by atoms with van der Waals surface area (Å²) in [6.07, 6.45) is 1.97. The van der Waals surface area contributed by atoms with Gasteiger partial charge in [-0.3, -0.25) is 9.69 Å². The van der Waals surface area contributed by atoms with Crippen LogP contribution in [0.1, 0.15) is 16.7 Å². The van der Waals surface area contributed by atoms with Gasteiger partial charge in [0.2, 0.25) is 0 Å². The van der Waals surface area contributed by atoms with Crippen LogP contribution < -0.4 is 9.64 Å². The van der Waals surface area contributed by atoms with Gasteiger partial charge in [0.25, 0.3) is 5.91 Å². The van der Waals surface area contributed by atoms with Crippen molar-refractivity contribution in [2.75, 3.05) is 11.4 Å². The van der Waals surface area contributed by atoms with Crippen molar-refractivity contribution in [2.45, 2.75) is 32.9 Å². The fourth-order valence-corrected chi connectivity index (χ4v) is 3.08. The number of rotatable bonds is 1. The number of carbonyl (C=O) groups excluding carboxylic acids is 1. The molecule has 0 aliphatic carbocycles. The maximum Gasteiger partial charge on any atom is 0.269 e. The van der Waals surface area contributed by atoms with Gasteiger partial charge in [0, 0.05) is 19.0 Å². The number of carbonyl (C=O) groups is 1. The predicted molar refractivity (Wildman–Crippen MR) is 78.6 cm³/mol. The summed E-state index contributed by atoms with van der Waals surface area (Å²) in [4.78, 5) is 14.5. The minimum atomic E-state index is -0.414. The minimum absolute atomic E-state index is 0.0285. The van der Waals surface area contributed by atoms with E-state index in [0.29, 0.717) is 13.0 Å². The van der Waals surface area contributed by atoms with Gasteiger partial charge < -0.3 is 4.74 Å². The van der Waals surface area contributed by atoms with Crippen LogP contribution in [0.15, 0.2) is 24.4 Å². The Morgan fingerprint density at radius 2 is 2.10 bits per heavy atom. The zero-order chi connectivity index (χ0) is 14.6. The third kappa shape index (κ3) is 1.84. The zero-order valence-corrected chi connectivity index (χ0v) is 12.2. The van der Waals surface area contributed by atoms with E-state index in [2.05, 4.69) is 25.0 Å². The summed E-state index contributed by atoms with van der Waals surface area (Å²) in [5, 5.41) is 4.20. The van der Waals surface area contributed by atoms with Crippen LogP contribution in [0.4, 0.5) is 5.82 Å². The van der Waals surface area contributed by atoms with Gasteiger partial charge in [-0.05, 0) is 36.6 Å². The molecule has 5 nitrogen and oxygen atoms in total. The number of hydrogen-bond acceptors (Lipinski definition) is 3. The second-order valence-corrected chi connectivity index (χ2v) is 5.76. The Labute approximate surface area is 123 Å². The Hall–Kier alpha value is -2.30. The predicted octanol–water partition coefficient (Wildman–Crippen LogP) is 1.85. The van der Waals surface area contributed by atoms with E-state index in [1.807, 2.05) is 16.8 Å². The maximum atomic E-state index is 12.7. The van der Waals surface area contributed by atoms with Gasteiger partial charge in [-0.1, -0.05) is 6.07 Å². The van der Waals surface area contributed by atoms with E-state index < -0.39 is 6.10 Å². The van der Waals surface area contributed by atoms with Crippen LogP contribution >= 0.6 is 0 Å². The lowest BCUT2D eigenvalue weighted by Gasteiger charge is -2.19. The summed E-state index contributed by atoms with van der Waals surface area (Å²) in [6, 6.07) is 6.04. The molecule has 1 aromatic heterocycles. The first-order valence-electron chi connectivity index (χ1n) is 7.23. The van der Waals surface area contributed by atoms with Crippen molar-refractivity contribution in [3.63, 3.8) is 0 Å². The molecule has 21 heavy (non-hydrogen) atoms. The van der Waals surface area contributed by atoms with Crippen molar-refractivity contribution in [2.24, 2.45) is 0 Å². The number of nitrogens with zero attached hydrogens (tertiary/aromatic N) is 3. The Balaban J connectivity index is 1.58. The lowest BCUT2D eigenvalue weighted by Crippen LogP contribution is -2.40. The molecule has 1 amide bonds. The molecular formula is C16H17N3O2. The van der Waals surface area contributed by atoms with Crippen LogP contribution in [0.2, 0.25) is 0 Å². The number of hydrogen-bond donors (Lipinski definition) is 0. The molecule has 2 aliphatic heterocycles. The number of anilines is 1. The van der Waals surface area contributed by atoms with Gasteiger partial charge in [-0.15, -0.1) is 0 Å². The molecule has 1 unspecified atom stereocenters. The van der Waals surface area contributed by atoms with Crippen molar-refractivity contribution < 1.29 is 9.53 Å². The van der Waals surface area contributed by atoms with Crippen LogP contribution in [-0.4, -0.2) is 28.3 Å².